The molecule has 0 amide bonds. The first kappa shape index (κ1) is 17.3. The highest BCUT2D eigenvalue weighted by molar-refractivity contribution is 5.22. The van der Waals surface area contributed by atoms with E-state index in [1.54, 1.807) is 0 Å². The molecule has 1 aliphatic heterocycles. The van der Waals surface area contributed by atoms with Gasteiger partial charge in [0.1, 0.15) is 0 Å². The lowest BCUT2D eigenvalue weighted by Crippen LogP contribution is -2.21. The zero-order valence-corrected chi connectivity index (χ0v) is 13.8. The molecule has 116 valence electrons. The van der Waals surface area contributed by atoms with E-state index in [9.17, 15) is 0 Å². The Kier molecular flexibility index (Phi) is 10.4. The van der Waals surface area contributed by atoms with E-state index in [-0.39, 0.29) is 0 Å². The van der Waals surface area contributed by atoms with Crippen molar-refractivity contribution in [3.8, 4) is 0 Å². The normalized spacial score (nSPS) is 18.5. The summed E-state index contributed by atoms with van der Waals surface area (Å²) in [5.41, 5.74) is 1.36. The van der Waals surface area contributed by atoms with E-state index in [1.807, 2.05) is 0 Å². The molecule has 0 aromatic heterocycles. The fraction of sp³-hybridized carbons (Fsp3) is 0.789. The molecular formula is C19H35N. The molecular weight excluding hydrogens is 242 g/mol. The fourth-order valence-corrected chi connectivity index (χ4v) is 2.81. The minimum atomic E-state index is 0.705. The summed E-state index contributed by atoms with van der Waals surface area (Å²) in [5.74, 6) is 0. The lowest BCUT2D eigenvalue weighted by Gasteiger charge is -2.12. The van der Waals surface area contributed by atoms with Crippen LogP contribution in [0.5, 0.6) is 0 Å². The van der Waals surface area contributed by atoms with Crippen LogP contribution < -0.4 is 5.32 Å². The van der Waals surface area contributed by atoms with Crippen LogP contribution in [0.1, 0.15) is 90.9 Å². The summed E-state index contributed by atoms with van der Waals surface area (Å²) in [5, 5.41) is 3.65. The lowest BCUT2D eigenvalue weighted by atomic mass is 10.0. The van der Waals surface area contributed by atoms with Crippen LogP contribution in [0.25, 0.3) is 0 Å². The molecule has 0 saturated heterocycles. The molecule has 1 N–H and O–H groups in total. The molecule has 0 bridgehead atoms. The molecule has 1 aliphatic rings. The van der Waals surface area contributed by atoms with Gasteiger partial charge in [-0.2, -0.15) is 0 Å². The van der Waals surface area contributed by atoms with Crippen molar-refractivity contribution in [1.29, 1.82) is 0 Å². The van der Waals surface area contributed by atoms with Gasteiger partial charge in [-0.05, 0) is 25.3 Å². The second kappa shape index (κ2) is 12.1. The van der Waals surface area contributed by atoms with E-state index in [1.165, 1.54) is 82.7 Å². The van der Waals surface area contributed by atoms with Crippen molar-refractivity contribution in [2.24, 2.45) is 0 Å². The maximum atomic E-state index is 3.65. The Morgan fingerprint density at radius 3 is 2.45 bits per heavy atom. The summed E-state index contributed by atoms with van der Waals surface area (Å²) in [6.07, 6.45) is 23.3. The van der Waals surface area contributed by atoms with Crippen LogP contribution in [-0.4, -0.2) is 6.04 Å². The number of hydrogen-bond acceptors (Lipinski definition) is 1. The molecule has 1 atom stereocenters. The van der Waals surface area contributed by atoms with E-state index in [2.05, 4.69) is 37.4 Å². The van der Waals surface area contributed by atoms with Crippen molar-refractivity contribution in [1.82, 2.24) is 5.32 Å². The Hall–Kier alpha value is -0.720. The van der Waals surface area contributed by atoms with Gasteiger partial charge in [0.25, 0.3) is 0 Å². The second-order valence-electron chi connectivity index (χ2n) is 6.19. The Labute approximate surface area is 126 Å². The van der Waals surface area contributed by atoms with E-state index in [0.29, 0.717) is 6.04 Å². The number of hydrogen-bond donors (Lipinski definition) is 1. The summed E-state index contributed by atoms with van der Waals surface area (Å²) < 4.78 is 0. The highest BCUT2D eigenvalue weighted by atomic mass is 14.9. The summed E-state index contributed by atoms with van der Waals surface area (Å²) in [4.78, 5) is 0. The average Bonchev–Trinajstić information content (AvgIpc) is 2.90. The Balaban J connectivity index is 1.96. The SMILES string of the molecule is CCCCC=CC1=CCC(CCCCCCCCC)N1. The van der Waals surface area contributed by atoms with Crippen molar-refractivity contribution in [2.75, 3.05) is 0 Å². The van der Waals surface area contributed by atoms with Gasteiger partial charge in [0.05, 0.1) is 0 Å². The Morgan fingerprint density at radius 1 is 1.00 bits per heavy atom. The Bertz CT molecular complexity index is 277. The first-order valence-corrected chi connectivity index (χ1v) is 9.00. The van der Waals surface area contributed by atoms with Crippen LogP contribution in [-0.2, 0) is 0 Å². The van der Waals surface area contributed by atoms with Gasteiger partial charge < -0.3 is 5.32 Å². The van der Waals surface area contributed by atoms with Crippen LogP contribution in [0.3, 0.4) is 0 Å². The topological polar surface area (TPSA) is 12.0 Å². The van der Waals surface area contributed by atoms with Crippen molar-refractivity contribution in [3.63, 3.8) is 0 Å². The maximum Gasteiger partial charge on any atom is 0.0299 e. The quantitative estimate of drug-likeness (QED) is 0.424. The van der Waals surface area contributed by atoms with Crippen LogP contribution in [0.2, 0.25) is 0 Å². The van der Waals surface area contributed by atoms with E-state index in [0.717, 1.165) is 0 Å². The first-order chi connectivity index (χ1) is 9.86. The van der Waals surface area contributed by atoms with Gasteiger partial charge in [-0.3, -0.25) is 0 Å². The molecule has 1 nitrogen and oxygen atoms in total. The molecule has 1 rings (SSSR count). The van der Waals surface area contributed by atoms with E-state index in [4.69, 9.17) is 0 Å². The third-order valence-corrected chi connectivity index (χ3v) is 4.17. The van der Waals surface area contributed by atoms with Crippen LogP contribution >= 0.6 is 0 Å². The minimum absolute atomic E-state index is 0.705. The summed E-state index contributed by atoms with van der Waals surface area (Å²) in [7, 11) is 0. The van der Waals surface area contributed by atoms with Gasteiger partial charge >= 0.3 is 0 Å². The number of unbranched alkanes of at least 4 members (excludes halogenated alkanes) is 8. The predicted octanol–water partition coefficient (Wildman–Crippen LogP) is 6.12. The van der Waals surface area contributed by atoms with Gasteiger partial charge in [-0.25, -0.2) is 0 Å². The molecule has 1 heteroatoms. The predicted molar refractivity (Wildman–Crippen MR) is 90.9 cm³/mol. The minimum Gasteiger partial charge on any atom is -0.382 e. The van der Waals surface area contributed by atoms with Gasteiger partial charge in [0.15, 0.2) is 0 Å². The smallest absolute Gasteiger partial charge is 0.0299 e. The van der Waals surface area contributed by atoms with Crippen molar-refractivity contribution >= 4 is 0 Å². The van der Waals surface area contributed by atoms with Gasteiger partial charge in [0.2, 0.25) is 0 Å². The molecule has 0 aliphatic carbocycles. The molecule has 0 saturated carbocycles. The monoisotopic (exact) mass is 277 g/mol. The lowest BCUT2D eigenvalue weighted by molar-refractivity contribution is 0.507. The van der Waals surface area contributed by atoms with Crippen LogP contribution in [0, 0.1) is 0 Å². The standard InChI is InChI=1S/C19H35N/c1-3-5-7-9-10-11-13-15-19-17-16-18(20-19)14-12-8-6-4-2/h12,14,16,19-20H,3-11,13,15,17H2,1-2H3. The largest absolute Gasteiger partial charge is 0.382 e. The zero-order chi connectivity index (χ0) is 14.5. The van der Waals surface area contributed by atoms with Gasteiger partial charge in [-0.15, -0.1) is 0 Å². The summed E-state index contributed by atoms with van der Waals surface area (Å²) >= 11 is 0. The first-order valence-electron chi connectivity index (χ1n) is 9.00. The molecule has 0 radical (unpaired) electrons. The molecule has 0 spiro atoms. The second-order valence-corrected chi connectivity index (χ2v) is 6.19. The number of allylic oxidation sites excluding steroid dienone is 2. The van der Waals surface area contributed by atoms with Crippen LogP contribution in [0.4, 0.5) is 0 Å². The molecule has 1 unspecified atom stereocenters. The number of nitrogens with one attached hydrogen (secondary N) is 1. The van der Waals surface area contributed by atoms with E-state index < -0.39 is 0 Å². The average molecular weight is 277 g/mol. The summed E-state index contributed by atoms with van der Waals surface area (Å²) in [6.45, 7) is 4.53. The molecule has 0 aromatic rings. The van der Waals surface area contributed by atoms with Gasteiger partial charge in [-0.1, -0.05) is 83.8 Å². The highest BCUT2D eigenvalue weighted by Gasteiger charge is 2.13. The fourth-order valence-electron chi connectivity index (χ4n) is 2.81. The highest BCUT2D eigenvalue weighted by Crippen LogP contribution is 2.17. The Morgan fingerprint density at radius 2 is 1.70 bits per heavy atom. The molecule has 1 heterocycles. The van der Waals surface area contributed by atoms with Gasteiger partial charge in [0, 0.05) is 11.7 Å². The van der Waals surface area contributed by atoms with Crippen molar-refractivity contribution < 1.29 is 0 Å². The van der Waals surface area contributed by atoms with Crippen molar-refractivity contribution in [3.05, 3.63) is 23.9 Å². The zero-order valence-electron chi connectivity index (χ0n) is 13.8. The number of rotatable bonds is 12. The third kappa shape index (κ3) is 8.45. The van der Waals surface area contributed by atoms with Crippen molar-refractivity contribution in [2.45, 2.75) is 96.9 Å². The third-order valence-electron chi connectivity index (χ3n) is 4.17. The van der Waals surface area contributed by atoms with E-state index >= 15 is 0 Å². The molecule has 20 heavy (non-hydrogen) atoms. The molecule has 0 aromatic carbocycles. The summed E-state index contributed by atoms with van der Waals surface area (Å²) in [6, 6.07) is 0.705. The molecule has 0 fully saturated rings. The van der Waals surface area contributed by atoms with Crippen LogP contribution in [0.15, 0.2) is 23.9 Å². The maximum absolute atomic E-state index is 3.65.